The predicted octanol–water partition coefficient (Wildman–Crippen LogP) is 3.32. The van der Waals surface area contributed by atoms with Crippen molar-refractivity contribution in [2.24, 2.45) is 0 Å². The third-order valence-corrected chi connectivity index (χ3v) is 3.09. The van der Waals surface area contributed by atoms with Crippen LogP contribution in [0.4, 0.5) is 8.78 Å². The molecule has 0 aliphatic heterocycles. The second-order valence-corrected chi connectivity index (χ2v) is 4.45. The zero-order valence-electron chi connectivity index (χ0n) is 8.54. The van der Waals surface area contributed by atoms with Crippen LogP contribution in [0.3, 0.4) is 0 Å². The smallest absolute Gasteiger partial charge is 0.130 e. The summed E-state index contributed by atoms with van der Waals surface area (Å²) in [6, 6.07) is 7.62. The first-order chi connectivity index (χ1) is 7.75. The van der Waals surface area contributed by atoms with Crippen molar-refractivity contribution in [1.82, 2.24) is 5.32 Å². The van der Waals surface area contributed by atoms with E-state index in [4.69, 9.17) is 0 Å². The Morgan fingerprint density at radius 3 is 2.69 bits per heavy atom. The van der Waals surface area contributed by atoms with Gasteiger partial charge in [0.05, 0.1) is 0 Å². The molecule has 0 aliphatic rings. The second-order valence-electron chi connectivity index (χ2n) is 3.42. The van der Waals surface area contributed by atoms with Crippen molar-refractivity contribution in [2.75, 3.05) is 0 Å². The lowest BCUT2D eigenvalue weighted by atomic mass is 10.2. The standard InChI is InChI=1S/C12H11F2NS/c13-10-4-3-9(12(14)6-10)7-15-8-11-2-1-5-16-11/h1-6,15H,7-8H2. The fraction of sp³-hybridized carbons (Fsp3) is 0.167. The van der Waals surface area contributed by atoms with Crippen LogP contribution in [0, 0.1) is 11.6 Å². The summed E-state index contributed by atoms with van der Waals surface area (Å²) in [7, 11) is 0. The third-order valence-electron chi connectivity index (χ3n) is 2.21. The number of halogens is 2. The van der Waals surface area contributed by atoms with Crippen LogP contribution >= 0.6 is 11.3 Å². The Bertz CT molecular complexity index is 454. The van der Waals surface area contributed by atoms with E-state index in [1.54, 1.807) is 11.3 Å². The maximum absolute atomic E-state index is 13.2. The molecule has 1 aromatic carbocycles. The van der Waals surface area contributed by atoms with Crippen molar-refractivity contribution in [3.05, 3.63) is 57.8 Å². The Labute approximate surface area is 96.7 Å². The first-order valence-corrected chi connectivity index (χ1v) is 5.81. The van der Waals surface area contributed by atoms with Gasteiger partial charge in [-0.3, -0.25) is 0 Å². The third kappa shape index (κ3) is 2.87. The first kappa shape index (κ1) is 11.2. The molecule has 0 spiro atoms. The molecule has 0 aliphatic carbocycles. The molecule has 0 radical (unpaired) electrons. The highest BCUT2D eigenvalue weighted by molar-refractivity contribution is 7.09. The zero-order valence-corrected chi connectivity index (χ0v) is 9.36. The average molecular weight is 239 g/mol. The molecule has 0 unspecified atom stereocenters. The van der Waals surface area contributed by atoms with Crippen LogP contribution in [0.5, 0.6) is 0 Å². The molecule has 0 saturated heterocycles. The molecule has 4 heteroatoms. The van der Waals surface area contributed by atoms with Gasteiger partial charge in [-0.05, 0) is 17.5 Å². The lowest BCUT2D eigenvalue weighted by Crippen LogP contribution is -2.12. The minimum Gasteiger partial charge on any atom is -0.308 e. The molecule has 16 heavy (non-hydrogen) atoms. The molecular formula is C12H11F2NS. The van der Waals surface area contributed by atoms with Crippen molar-refractivity contribution >= 4 is 11.3 Å². The Morgan fingerprint density at radius 2 is 2.00 bits per heavy atom. The van der Waals surface area contributed by atoms with E-state index in [2.05, 4.69) is 5.32 Å². The Hall–Kier alpha value is -1.26. The predicted molar refractivity (Wildman–Crippen MR) is 61.2 cm³/mol. The van der Waals surface area contributed by atoms with E-state index in [1.807, 2.05) is 17.5 Å². The number of thiophene rings is 1. The van der Waals surface area contributed by atoms with Crippen molar-refractivity contribution in [3.63, 3.8) is 0 Å². The summed E-state index contributed by atoms with van der Waals surface area (Å²) in [5.74, 6) is -1.04. The minimum absolute atomic E-state index is 0.407. The maximum Gasteiger partial charge on any atom is 0.130 e. The maximum atomic E-state index is 13.2. The zero-order chi connectivity index (χ0) is 11.4. The van der Waals surface area contributed by atoms with E-state index in [-0.39, 0.29) is 0 Å². The van der Waals surface area contributed by atoms with Crippen LogP contribution in [0.1, 0.15) is 10.4 Å². The fourth-order valence-corrected chi connectivity index (χ4v) is 2.07. The van der Waals surface area contributed by atoms with Crippen molar-refractivity contribution < 1.29 is 8.78 Å². The number of hydrogen-bond acceptors (Lipinski definition) is 2. The van der Waals surface area contributed by atoms with E-state index in [9.17, 15) is 8.78 Å². The van der Waals surface area contributed by atoms with E-state index in [0.717, 1.165) is 6.07 Å². The van der Waals surface area contributed by atoms with E-state index in [0.29, 0.717) is 18.7 Å². The molecule has 2 aromatic rings. The van der Waals surface area contributed by atoms with Gasteiger partial charge in [0.1, 0.15) is 11.6 Å². The van der Waals surface area contributed by atoms with Gasteiger partial charge in [0, 0.05) is 29.6 Å². The van der Waals surface area contributed by atoms with Crippen molar-refractivity contribution in [1.29, 1.82) is 0 Å². The summed E-state index contributed by atoms with van der Waals surface area (Å²) in [5.41, 5.74) is 0.484. The van der Waals surface area contributed by atoms with Gasteiger partial charge in [0.2, 0.25) is 0 Å². The molecule has 1 aromatic heterocycles. The van der Waals surface area contributed by atoms with Gasteiger partial charge < -0.3 is 5.32 Å². The van der Waals surface area contributed by atoms with E-state index < -0.39 is 11.6 Å². The highest BCUT2D eigenvalue weighted by Gasteiger charge is 2.03. The van der Waals surface area contributed by atoms with Gasteiger partial charge in [-0.2, -0.15) is 0 Å². The van der Waals surface area contributed by atoms with Crippen LogP contribution in [0.2, 0.25) is 0 Å². The highest BCUT2D eigenvalue weighted by atomic mass is 32.1. The molecule has 0 fully saturated rings. The Balaban J connectivity index is 1.90. The van der Waals surface area contributed by atoms with Crippen LogP contribution in [-0.2, 0) is 13.1 Å². The van der Waals surface area contributed by atoms with Gasteiger partial charge in [-0.1, -0.05) is 12.1 Å². The summed E-state index contributed by atoms with van der Waals surface area (Å²) < 4.78 is 25.9. The Morgan fingerprint density at radius 1 is 1.12 bits per heavy atom. The van der Waals surface area contributed by atoms with Gasteiger partial charge >= 0.3 is 0 Å². The fourth-order valence-electron chi connectivity index (χ4n) is 1.40. The van der Waals surface area contributed by atoms with E-state index in [1.165, 1.54) is 17.0 Å². The van der Waals surface area contributed by atoms with Crippen LogP contribution in [0.25, 0.3) is 0 Å². The molecule has 0 saturated carbocycles. The van der Waals surface area contributed by atoms with Gasteiger partial charge in [0.15, 0.2) is 0 Å². The second kappa shape index (κ2) is 5.18. The average Bonchev–Trinajstić information content (AvgIpc) is 2.74. The molecule has 1 N–H and O–H groups in total. The Kier molecular flexibility index (Phi) is 3.64. The molecule has 2 rings (SSSR count). The summed E-state index contributed by atoms with van der Waals surface area (Å²) in [5, 5.41) is 5.11. The molecule has 0 amide bonds. The lowest BCUT2D eigenvalue weighted by molar-refractivity contribution is 0.560. The van der Waals surface area contributed by atoms with Gasteiger partial charge in [0.25, 0.3) is 0 Å². The molecule has 0 bridgehead atoms. The van der Waals surface area contributed by atoms with Crippen molar-refractivity contribution in [3.8, 4) is 0 Å². The van der Waals surface area contributed by atoms with Crippen LogP contribution in [-0.4, -0.2) is 0 Å². The SMILES string of the molecule is Fc1ccc(CNCc2cccs2)c(F)c1. The molecular weight excluding hydrogens is 228 g/mol. The van der Waals surface area contributed by atoms with Crippen LogP contribution in [0.15, 0.2) is 35.7 Å². The summed E-state index contributed by atoms with van der Waals surface area (Å²) in [4.78, 5) is 1.20. The normalized spacial score (nSPS) is 10.6. The van der Waals surface area contributed by atoms with Crippen LogP contribution < -0.4 is 5.32 Å². The highest BCUT2D eigenvalue weighted by Crippen LogP contribution is 2.11. The number of nitrogens with one attached hydrogen (secondary N) is 1. The lowest BCUT2D eigenvalue weighted by Gasteiger charge is -2.04. The molecule has 1 heterocycles. The summed E-state index contributed by atoms with van der Waals surface area (Å²) in [6.45, 7) is 1.11. The van der Waals surface area contributed by atoms with E-state index >= 15 is 0 Å². The first-order valence-electron chi connectivity index (χ1n) is 4.93. The van der Waals surface area contributed by atoms with Gasteiger partial charge in [-0.15, -0.1) is 11.3 Å². The summed E-state index contributed by atoms with van der Waals surface area (Å²) in [6.07, 6.45) is 0. The van der Waals surface area contributed by atoms with Gasteiger partial charge in [-0.25, -0.2) is 8.78 Å². The number of rotatable bonds is 4. The molecule has 0 atom stereocenters. The monoisotopic (exact) mass is 239 g/mol. The number of benzene rings is 1. The minimum atomic E-state index is -0.542. The summed E-state index contributed by atoms with van der Waals surface area (Å²) >= 11 is 1.65. The largest absolute Gasteiger partial charge is 0.308 e. The quantitative estimate of drug-likeness (QED) is 0.863. The topological polar surface area (TPSA) is 12.0 Å². The number of hydrogen-bond donors (Lipinski definition) is 1. The van der Waals surface area contributed by atoms with Crippen molar-refractivity contribution in [2.45, 2.75) is 13.1 Å². The molecule has 1 nitrogen and oxygen atoms in total. The molecule has 84 valence electrons.